The first kappa shape index (κ1) is 17.5. The van der Waals surface area contributed by atoms with Crippen molar-refractivity contribution in [1.29, 1.82) is 0 Å². The second kappa shape index (κ2) is 8.10. The molecule has 2 rings (SSSR count). The van der Waals surface area contributed by atoms with Crippen molar-refractivity contribution in [3.63, 3.8) is 0 Å². The Hall–Kier alpha value is -2.89. The van der Waals surface area contributed by atoms with Gasteiger partial charge in [-0.15, -0.1) is 0 Å². The van der Waals surface area contributed by atoms with Crippen molar-refractivity contribution in [2.24, 2.45) is 0 Å². The molecule has 0 saturated carbocycles. The Morgan fingerprint density at radius 1 is 1.12 bits per heavy atom. The number of esters is 1. The predicted molar refractivity (Wildman–Crippen MR) is 90.7 cm³/mol. The lowest BCUT2D eigenvalue weighted by Crippen LogP contribution is -2.23. The third-order valence-electron chi connectivity index (χ3n) is 3.34. The molecule has 2 aromatic carbocycles. The maximum absolute atomic E-state index is 13.2. The second-order valence-corrected chi connectivity index (χ2v) is 5.13. The molecule has 0 aliphatic carbocycles. The molecule has 2 aromatic rings. The van der Waals surface area contributed by atoms with E-state index < -0.39 is 5.97 Å². The number of amides is 1. The molecule has 6 heteroatoms. The summed E-state index contributed by atoms with van der Waals surface area (Å²) in [7, 11) is 0. The molecular formula is C18H19FN2O3. The highest BCUT2D eigenvalue weighted by atomic mass is 19.1. The van der Waals surface area contributed by atoms with Gasteiger partial charge in [0.2, 0.25) is 5.91 Å². The van der Waals surface area contributed by atoms with E-state index in [4.69, 9.17) is 4.74 Å². The van der Waals surface area contributed by atoms with Crippen LogP contribution in [0.25, 0.3) is 0 Å². The van der Waals surface area contributed by atoms with Crippen LogP contribution in [0.2, 0.25) is 0 Å². The van der Waals surface area contributed by atoms with Crippen molar-refractivity contribution < 1.29 is 18.7 Å². The van der Waals surface area contributed by atoms with Gasteiger partial charge in [0, 0.05) is 5.69 Å². The molecule has 2 N–H and O–H groups in total. The standard InChI is InChI=1S/C18H19FN2O3/c1-3-24-18(23)14-6-4-5-7-15(14)21-17(22)11-20-16-10-13(19)9-8-12(16)2/h4-10,20H,3,11H2,1-2H3,(H,21,22). The van der Waals surface area contributed by atoms with E-state index in [-0.39, 0.29) is 30.4 Å². The van der Waals surface area contributed by atoms with Crippen LogP contribution in [0.3, 0.4) is 0 Å². The minimum atomic E-state index is -0.498. The quantitative estimate of drug-likeness (QED) is 0.797. The highest BCUT2D eigenvalue weighted by Crippen LogP contribution is 2.17. The summed E-state index contributed by atoms with van der Waals surface area (Å²) in [6.07, 6.45) is 0. The number of ether oxygens (including phenoxy) is 1. The Kier molecular flexibility index (Phi) is 5.89. The van der Waals surface area contributed by atoms with Gasteiger partial charge in [-0.25, -0.2) is 9.18 Å². The second-order valence-electron chi connectivity index (χ2n) is 5.13. The Morgan fingerprint density at radius 2 is 1.88 bits per heavy atom. The van der Waals surface area contributed by atoms with Crippen molar-refractivity contribution in [3.8, 4) is 0 Å². The monoisotopic (exact) mass is 330 g/mol. The molecule has 0 bridgehead atoms. The van der Waals surface area contributed by atoms with Crippen molar-refractivity contribution in [2.45, 2.75) is 13.8 Å². The van der Waals surface area contributed by atoms with Gasteiger partial charge >= 0.3 is 5.97 Å². The highest BCUT2D eigenvalue weighted by molar-refractivity contribution is 6.02. The maximum atomic E-state index is 13.2. The number of benzene rings is 2. The normalized spacial score (nSPS) is 10.1. The lowest BCUT2D eigenvalue weighted by Gasteiger charge is -2.12. The van der Waals surface area contributed by atoms with E-state index >= 15 is 0 Å². The first-order valence-electron chi connectivity index (χ1n) is 7.57. The van der Waals surface area contributed by atoms with Gasteiger partial charge in [-0.05, 0) is 43.7 Å². The summed E-state index contributed by atoms with van der Waals surface area (Å²) < 4.78 is 18.2. The predicted octanol–water partition coefficient (Wildman–Crippen LogP) is 3.36. The minimum Gasteiger partial charge on any atom is -0.462 e. The summed E-state index contributed by atoms with van der Waals surface area (Å²) in [5, 5.41) is 5.54. The van der Waals surface area contributed by atoms with Gasteiger partial charge in [-0.1, -0.05) is 18.2 Å². The number of halogens is 1. The summed E-state index contributed by atoms with van der Waals surface area (Å²) in [6.45, 7) is 3.73. The molecule has 0 fully saturated rings. The van der Waals surface area contributed by atoms with Crippen LogP contribution in [-0.4, -0.2) is 25.0 Å². The maximum Gasteiger partial charge on any atom is 0.340 e. The highest BCUT2D eigenvalue weighted by Gasteiger charge is 2.14. The smallest absolute Gasteiger partial charge is 0.340 e. The van der Waals surface area contributed by atoms with Gasteiger partial charge in [-0.2, -0.15) is 0 Å². The van der Waals surface area contributed by atoms with E-state index in [1.807, 2.05) is 6.92 Å². The molecule has 0 unspecified atom stereocenters. The number of para-hydroxylation sites is 1. The Labute approximate surface area is 139 Å². The molecule has 0 radical (unpaired) electrons. The topological polar surface area (TPSA) is 67.4 Å². The number of carbonyl (C=O) groups is 2. The minimum absolute atomic E-state index is 0.0541. The molecule has 0 heterocycles. The summed E-state index contributed by atoms with van der Waals surface area (Å²) in [4.78, 5) is 24.0. The van der Waals surface area contributed by atoms with Crippen LogP contribution < -0.4 is 10.6 Å². The zero-order chi connectivity index (χ0) is 17.5. The number of carbonyl (C=O) groups excluding carboxylic acids is 2. The van der Waals surface area contributed by atoms with Crippen molar-refractivity contribution in [1.82, 2.24) is 0 Å². The molecular weight excluding hydrogens is 311 g/mol. The fourth-order valence-corrected chi connectivity index (χ4v) is 2.13. The Morgan fingerprint density at radius 3 is 2.62 bits per heavy atom. The third-order valence-corrected chi connectivity index (χ3v) is 3.34. The van der Waals surface area contributed by atoms with E-state index in [1.54, 1.807) is 37.3 Å². The van der Waals surface area contributed by atoms with E-state index in [0.29, 0.717) is 11.4 Å². The molecule has 126 valence electrons. The molecule has 0 spiro atoms. The van der Waals surface area contributed by atoms with Gasteiger partial charge in [-0.3, -0.25) is 4.79 Å². The zero-order valence-corrected chi connectivity index (χ0v) is 13.6. The number of hydrogen-bond donors (Lipinski definition) is 2. The first-order chi connectivity index (χ1) is 11.5. The lowest BCUT2D eigenvalue weighted by molar-refractivity contribution is -0.114. The molecule has 24 heavy (non-hydrogen) atoms. The zero-order valence-electron chi connectivity index (χ0n) is 13.6. The Bertz CT molecular complexity index is 747. The number of aryl methyl sites for hydroxylation is 1. The fourth-order valence-electron chi connectivity index (χ4n) is 2.13. The third kappa shape index (κ3) is 4.55. The first-order valence-corrected chi connectivity index (χ1v) is 7.57. The summed E-state index contributed by atoms with van der Waals surface area (Å²) in [5.74, 6) is -1.23. The molecule has 0 aliphatic rings. The average Bonchev–Trinajstić information content (AvgIpc) is 2.56. The van der Waals surface area contributed by atoms with Crippen molar-refractivity contribution in [3.05, 3.63) is 59.4 Å². The van der Waals surface area contributed by atoms with E-state index in [9.17, 15) is 14.0 Å². The average molecular weight is 330 g/mol. The molecule has 0 atom stereocenters. The van der Waals surface area contributed by atoms with Gasteiger partial charge in [0.05, 0.1) is 24.4 Å². The molecule has 5 nitrogen and oxygen atoms in total. The van der Waals surface area contributed by atoms with Gasteiger partial charge in [0.25, 0.3) is 0 Å². The summed E-state index contributed by atoms with van der Waals surface area (Å²) >= 11 is 0. The number of nitrogens with one attached hydrogen (secondary N) is 2. The number of anilines is 2. The van der Waals surface area contributed by atoms with Crippen LogP contribution in [0.4, 0.5) is 15.8 Å². The fraction of sp³-hybridized carbons (Fsp3) is 0.222. The number of rotatable bonds is 6. The van der Waals surface area contributed by atoms with Crippen LogP contribution in [0.1, 0.15) is 22.8 Å². The molecule has 0 saturated heterocycles. The largest absolute Gasteiger partial charge is 0.462 e. The van der Waals surface area contributed by atoms with Crippen LogP contribution in [-0.2, 0) is 9.53 Å². The van der Waals surface area contributed by atoms with Crippen LogP contribution in [0, 0.1) is 12.7 Å². The van der Waals surface area contributed by atoms with Gasteiger partial charge in [0.1, 0.15) is 5.82 Å². The van der Waals surface area contributed by atoms with E-state index in [1.165, 1.54) is 12.1 Å². The summed E-state index contributed by atoms with van der Waals surface area (Å²) in [6, 6.07) is 10.9. The Balaban J connectivity index is 2.02. The molecule has 1 amide bonds. The van der Waals surface area contributed by atoms with Gasteiger partial charge in [0.15, 0.2) is 0 Å². The van der Waals surface area contributed by atoms with Gasteiger partial charge < -0.3 is 15.4 Å². The van der Waals surface area contributed by atoms with Crippen LogP contribution >= 0.6 is 0 Å². The summed E-state index contributed by atoms with van der Waals surface area (Å²) in [5.41, 5.74) is 2.04. The molecule has 0 aliphatic heterocycles. The number of hydrogen-bond acceptors (Lipinski definition) is 4. The lowest BCUT2D eigenvalue weighted by atomic mass is 10.1. The van der Waals surface area contributed by atoms with Crippen molar-refractivity contribution >= 4 is 23.3 Å². The van der Waals surface area contributed by atoms with Crippen LogP contribution in [0.15, 0.2) is 42.5 Å². The van der Waals surface area contributed by atoms with E-state index in [0.717, 1.165) is 5.56 Å². The SMILES string of the molecule is CCOC(=O)c1ccccc1NC(=O)CNc1cc(F)ccc1C. The van der Waals surface area contributed by atoms with E-state index in [2.05, 4.69) is 10.6 Å². The molecule has 0 aromatic heterocycles. The van der Waals surface area contributed by atoms with Crippen molar-refractivity contribution in [2.75, 3.05) is 23.8 Å². The van der Waals surface area contributed by atoms with Crippen LogP contribution in [0.5, 0.6) is 0 Å².